The molecule has 1 N–H and O–H groups in total. The summed E-state index contributed by atoms with van der Waals surface area (Å²) in [6, 6.07) is 19.1. The molecule has 4 rings (SSSR count). The van der Waals surface area contributed by atoms with Gasteiger partial charge in [0.2, 0.25) is 11.8 Å². The van der Waals surface area contributed by atoms with Crippen LogP contribution >= 0.6 is 0 Å². The standard InChI is InChI=1S/C32H39N3O7S/c1-23(32(37)33-25-12-8-9-13-25)34(21-24-11-10-16-27(19-24)40-2)31(36)22-35(26-14-6-5-7-15-26)43(38,39)28-17-18-29(41-3)30(20-28)42-4/h5-7,10-11,14-20,23,25H,8-9,12-13,21-22H2,1-4H3,(H,33,37)/t23-/m0/s1. The van der Waals surface area contributed by atoms with Crippen molar-refractivity contribution in [3.8, 4) is 17.2 Å². The molecule has 2 amide bonds. The Morgan fingerprint density at radius 1 is 0.884 bits per heavy atom. The summed E-state index contributed by atoms with van der Waals surface area (Å²) < 4.78 is 45.2. The number of methoxy groups -OCH3 is 3. The van der Waals surface area contributed by atoms with Gasteiger partial charge in [0.15, 0.2) is 11.5 Å². The summed E-state index contributed by atoms with van der Waals surface area (Å²) >= 11 is 0. The number of hydrogen-bond donors (Lipinski definition) is 1. The Morgan fingerprint density at radius 2 is 1.58 bits per heavy atom. The molecular formula is C32H39N3O7S. The first-order valence-corrected chi connectivity index (χ1v) is 15.6. The molecule has 1 atom stereocenters. The van der Waals surface area contributed by atoms with Crippen LogP contribution in [0.1, 0.15) is 38.2 Å². The van der Waals surface area contributed by atoms with Crippen LogP contribution in [0, 0.1) is 0 Å². The van der Waals surface area contributed by atoms with E-state index in [9.17, 15) is 18.0 Å². The fourth-order valence-electron chi connectivity index (χ4n) is 5.17. The highest BCUT2D eigenvalue weighted by Gasteiger charge is 2.33. The fourth-order valence-corrected chi connectivity index (χ4v) is 6.60. The number of para-hydroxylation sites is 1. The molecule has 3 aromatic carbocycles. The Morgan fingerprint density at radius 3 is 2.23 bits per heavy atom. The Kier molecular flexibility index (Phi) is 10.5. The first kappa shape index (κ1) is 31.7. The minimum Gasteiger partial charge on any atom is -0.497 e. The molecule has 1 fully saturated rings. The molecule has 1 aliphatic rings. The number of benzene rings is 3. The van der Waals surface area contributed by atoms with Gasteiger partial charge < -0.3 is 24.4 Å². The molecule has 0 heterocycles. The largest absolute Gasteiger partial charge is 0.497 e. The summed E-state index contributed by atoms with van der Waals surface area (Å²) in [4.78, 5) is 28.9. The third-order valence-corrected chi connectivity index (χ3v) is 9.39. The number of anilines is 1. The van der Waals surface area contributed by atoms with Crippen molar-refractivity contribution in [1.29, 1.82) is 0 Å². The first-order chi connectivity index (χ1) is 20.7. The number of nitrogens with zero attached hydrogens (tertiary/aromatic N) is 2. The SMILES string of the molecule is COc1cccc(CN(C(=O)CN(c2ccccc2)S(=O)(=O)c2ccc(OC)c(OC)c2)[C@@H](C)C(=O)NC2CCCC2)c1. The summed E-state index contributed by atoms with van der Waals surface area (Å²) in [7, 11) is 0.171. The van der Waals surface area contributed by atoms with Crippen LogP contribution in [0.15, 0.2) is 77.7 Å². The molecule has 0 saturated heterocycles. The molecule has 0 aromatic heterocycles. The van der Waals surface area contributed by atoms with Crippen LogP contribution in [0.2, 0.25) is 0 Å². The van der Waals surface area contributed by atoms with E-state index in [0.29, 0.717) is 17.2 Å². The van der Waals surface area contributed by atoms with Gasteiger partial charge in [-0.2, -0.15) is 0 Å². The van der Waals surface area contributed by atoms with Gasteiger partial charge in [-0.3, -0.25) is 13.9 Å². The highest BCUT2D eigenvalue weighted by Crippen LogP contribution is 2.32. The molecule has 1 saturated carbocycles. The smallest absolute Gasteiger partial charge is 0.264 e. The number of carbonyl (C=O) groups excluding carboxylic acids is 2. The zero-order valence-corrected chi connectivity index (χ0v) is 25.8. The first-order valence-electron chi connectivity index (χ1n) is 14.2. The number of carbonyl (C=O) groups is 2. The Hall–Kier alpha value is -4.25. The van der Waals surface area contributed by atoms with Gasteiger partial charge in [0.1, 0.15) is 18.3 Å². The van der Waals surface area contributed by atoms with Crippen LogP contribution in [0.4, 0.5) is 5.69 Å². The summed E-state index contributed by atoms with van der Waals surface area (Å²) in [6.07, 6.45) is 3.89. The number of nitrogens with one attached hydrogen (secondary N) is 1. The van der Waals surface area contributed by atoms with Crippen molar-refractivity contribution in [2.75, 3.05) is 32.2 Å². The predicted octanol–water partition coefficient (Wildman–Crippen LogP) is 4.38. The lowest BCUT2D eigenvalue weighted by Crippen LogP contribution is -2.52. The molecule has 1 aliphatic carbocycles. The van der Waals surface area contributed by atoms with E-state index >= 15 is 0 Å². The van der Waals surface area contributed by atoms with E-state index in [1.54, 1.807) is 62.6 Å². The van der Waals surface area contributed by atoms with E-state index in [1.807, 2.05) is 6.07 Å². The molecule has 0 radical (unpaired) electrons. The van der Waals surface area contributed by atoms with Gasteiger partial charge >= 0.3 is 0 Å². The molecule has 11 heteroatoms. The van der Waals surface area contributed by atoms with E-state index in [2.05, 4.69) is 5.32 Å². The average Bonchev–Trinajstić information content (AvgIpc) is 3.55. The van der Waals surface area contributed by atoms with E-state index in [-0.39, 0.29) is 29.1 Å². The summed E-state index contributed by atoms with van der Waals surface area (Å²) in [5.74, 6) is 0.395. The average molecular weight is 610 g/mol. The zero-order valence-electron chi connectivity index (χ0n) is 25.0. The second-order valence-electron chi connectivity index (χ2n) is 10.4. The second-order valence-corrected chi connectivity index (χ2v) is 12.3. The summed E-state index contributed by atoms with van der Waals surface area (Å²) in [6.45, 7) is 1.21. The maximum absolute atomic E-state index is 14.1. The molecule has 0 spiro atoms. The van der Waals surface area contributed by atoms with Crippen LogP contribution in [0.3, 0.4) is 0 Å². The molecule has 10 nitrogen and oxygen atoms in total. The number of rotatable bonds is 13. The van der Waals surface area contributed by atoms with Gasteiger partial charge in [-0.25, -0.2) is 8.42 Å². The topological polar surface area (TPSA) is 114 Å². The number of ether oxygens (including phenoxy) is 3. The van der Waals surface area contributed by atoms with Crippen LogP contribution in [-0.4, -0.2) is 65.1 Å². The Balaban J connectivity index is 1.70. The maximum Gasteiger partial charge on any atom is 0.264 e. The van der Waals surface area contributed by atoms with Crippen molar-refractivity contribution >= 4 is 27.5 Å². The van der Waals surface area contributed by atoms with Gasteiger partial charge in [-0.05, 0) is 61.7 Å². The minimum atomic E-state index is -4.26. The van der Waals surface area contributed by atoms with Gasteiger partial charge in [-0.15, -0.1) is 0 Å². The van der Waals surface area contributed by atoms with E-state index in [1.165, 1.54) is 37.3 Å². The highest BCUT2D eigenvalue weighted by atomic mass is 32.2. The van der Waals surface area contributed by atoms with Gasteiger partial charge in [0.05, 0.1) is 31.9 Å². The van der Waals surface area contributed by atoms with Crippen LogP contribution < -0.4 is 23.8 Å². The normalized spacial score (nSPS) is 14.0. The third-order valence-electron chi connectivity index (χ3n) is 7.62. The number of amides is 2. The van der Waals surface area contributed by atoms with Crippen LogP contribution in [0.5, 0.6) is 17.2 Å². The monoisotopic (exact) mass is 609 g/mol. The Labute approximate surface area is 253 Å². The third kappa shape index (κ3) is 7.59. The fraction of sp³-hybridized carbons (Fsp3) is 0.375. The lowest BCUT2D eigenvalue weighted by Gasteiger charge is -2.32. The number of sulfonamides is 1. The minimum absolute atomic E-state index is 0.0648. The van der Waals surface area contributed by atoms with Crippen molar-refractivity contribution in [2.24, 2.45) is 0 Å². The summed E-state index contributed by atoms with van der Waals surface area (Å²) in [5, 5.41) is 3.07. The lowest BCUT2D eigenvalue weighted by atomic mass is 10.1. The quantitative estimate of drug-likeness (QED) is 0.306. The second kappa shape index (κ2) is 14.3. The Bertz CT molecular complexity index is 1510. The molecule has 0 aliphatic heterocycles. The van der Waals surface area contributed by atoms with Gasteiger partial charge in [-0.1, -0.05) is 43.2 Å². The summed E-state index contributed by atoms with van der Waals surface area (Å²) in [5.41, 5.74) is 1.04. The van der Waals surface area contributed by atoms with Crippen LogP contribution in [0.25, 0.3) is 0 Å². The lowest BCUT2D eigenvalue weighted by molar-refractivity contribution is -0.139. The molecular weight excluding hydrogens is 570 g/mol. The molecule has 0 bridgehead atoms. The highest BCUT2D eigenvalue weighted by molar-refractivity contribution is 7.92. The van der Waals surface area contributed by atoms with Crippen molar-refractivity contribution < 1.29 is 32.2 Å². The predicted molar refractivity (Wildman–Crippen MR) is 164 cm³/mol. The molecule has 230 valence electrons. The molecule has 0 unspecified atom stereocenters. The molecule has 43 heavy (non-hydrogen) atoms. The van der Waals surface area contributed by atoms with Crippen molar-refractivity contribution in [1.82, 2.24) is 10.2 Å². The molecule has 3 aromatic rings. The van der Waals surface area contributed by atoms with Crippen LogP contribution in [-0.2, 0) is 26.2 Å². The van der Waals surface area contributed by atoms with Crippen molar-refractivity contribution in [2.45, 2.75) is 56.1 Å². The maximum atomic E-state index is 14.1. The van der Waals surface area contributed by atoms with Gasteiger partial charge in [0, 0.05) is 18.7 Å². The number of hydrogen-bond acceptors (Lipinski definition) is 7. The zero-order chi connectivity index (χ0) is 31.0. The van der Waals surface area contributed by atoms with Gasteiger partial charge in [0.25, 0.3) is 10.0 Å². The van der Waals surface area contributed by atoms with E-state index in [0.717, 1.165) is 35.6 Å². The van der Waals surface area contributed by atoms with E-state index in [4.69, 9.17) is 14.2 Å². The van der Waals surface area contributed by atoms with Crippen molar-refractivity contribution in [3.05, 3.63) is 78.4 Å². The van der Waals surface area contributed by atoms with E-state index < -0.39 is 28.5 Å². The van der Waals surface area contributed by atoms with Crippen molar-refractivity contribution in [3.63, 3.8) is 0 Å².